The van der Waals surface area contributed by atoms with Gasteiger partial charge in [-0.2, -0.15) is 0 Å². The Morgan fingerprint density at radius 3 is 2.34 bits per heavy atom. The summed E-state index contributed by atoms with van der Waals surface area (Å²) in [6, 6.07) is 14.3. The van der Waals surface area contributed by atoms with Gasteiger partial charge in [0.15, 0.2) is 0 Å². The van der Waals surface area contributed by atoms with Crippen molar-refractivity contribution in [2.24, 2.45) is 11.8 Å². The van der Waals surface area contributed by atoms with E-state index in [1.165, 1.54) is 17.5 Å². The number of carbonyl (C=O) groups excluding carboxylic acids is 1. The number of amides is 1. The van der Waals surface area contributed by atoms with Crippen LogP contribution in [0, 0.1) is 25.7 Å². The first kappa shape index (κ1) is 24.2. The van der Waals surface area contributed by atoms with Crippen molar-refractivity contribution in [1.29, 1.82) is 0 Å². The number of likely N-dealkylation sites (tertiary alicyclic amines) is 1. The van der Waals surface area contributed by atoms with Crippen molar-refractivity contribution in [3.63, 3.8) is 0 Å². The van der Waals surface area contributed by atoms with Gasteiger partial charge in [-0.15, -0.1) is 0 Å². The van der Waals surface area contributed by atoms with Crippen LogP contribution in [-0.2, 0) is 24.3 Å². The van der Waals surface area contributed by atoms with Gasteiger partial charge in [0.1, 0.15) is 23.8 Å². The maximum atomic E-state index is 12.5. The second kappa shape index (κ2) is 9.93. The molecule has 1 saturated heterocycles. The largest absolute Gasteiger partial charge is 0.383 e. The lowest BCUT2D eigenvalue weighted by molar-refractivity contribution is -0.129. The van der Waals surface area contributed by atoms with Crippen LogP contribution in [0.15, 0.2) is 55.0 Å². The first-order chi connectivity index (χ1) is 18.4. The summed E-state index contributed by atoms with van der Waals surface area (Å²) >= 11 is 0. The molecule has 2 aliphatic rings. The number of nitrogens with zero attached hydrogens (tertiary/aromatic N) is 4. The van der Waals surface area contributed by atoms with E-state index in [2.05, 4.69) is 69.8 Å². The Labute approximate surface area is 222 Å². The van der Waals surface area contributed by atoms with Gasteiger partial charge < -0.3 is 21.3 Å². The van der Waals surface area contributed by atoms with Gasteiger partial charge in [-0.1, -0.05) is 24.3 Å². The Morgan fingerprint density at radius 2 is 1.61 bits per heavy atom. The number of nitrogens with one attached hydrogen (secondary N) is 2. The van der Waals surface area contributed by atoms with Crippen LogP contribution in [0.1, 0.15) is 34.2 Å². The van der Waals surface area contributed by atoms with Crippen molar-refractivity contribution in [2.75, 3.05) is 29.5 Å². The standard InChI is InChI=1S/C30H33N7O/c1-18-9-25-24(7-8-32-30(25)31)19(2)26(18)14-34-28-12-27(35-17-36-28)33-13-21-5-3-20(4-6-21)10-29(38)37-15-22-11-23(22)16-37/h3-9,12,17,22-23H,10-11,13-16H2,1-2H3,(H2,31,32)(H2,33,34,35,36). The quantitative estimate of drug-likeness (QED) is 0.323. The average Bonchev–Trinajstić information content (AvgIpc) is 3.53. The Balaban J connectivity index is 1.05. The first-order valence-corrected chi connectivity index (χ1v) is 13.2. The van der Waals surface area contributed by atoms with Gasteiger partial charge in [-0.3, -0.25) is 4.79 Å². The molecule has 2 atom stereocenters. The lowest BCUT2D eigenvalue weighted by Gasteiger charge is -2.18. The first-order valence-electron chi connectivity index (χ1n) is 13.2. The van der Waals surface area contributed by atoms with Gasteiger partial charge in [0.05, 0.1) is 6.42 Å². The summed E-state index contributed by atoms with van der Waals surface area (Å²) in [5.41, 5.74) is 11.9. The van der Waals surface area contributed by atoms with Crippen molar-refractivity contribution < 1.29 is 4.79 Å². The molecule has 8 heteroatoms. The van der Waals surface area contributed by atoms with Gasteiger partial charge in [0.25, 0.3) is 0 Å². The van der Waals surface area contributed by atoms with Gasteiger partial charge >= 0.3 is 0 Å². The van der Waals surface area contributed by atoms with Gasteiger partial charge in [-0.05, 0) is 77.4 Å². The summed E-state index contributed by atoms with van der Waals surface area (Å²) in [7, 11) is 0. The van der Waals surface area contributed by atoms with Crippen molar-refractivity contribution >= 4 is 34.1 Å². The summed E-state index contributed by atoms with van der Waals surface area (Å²) in [5, 5.41) is 8.93. The van der Waals surface area contributed by atoms with Crippen LogP contribution in [0.2, 0.25) is 0 Å². The SMILES string of the molecule is Cc1cc2c(N)nccc2c(C)c1CNc1cc(NCc2ccc(CC(=O)N3CC4CC4C3)cc2)ncn1. The van der Waals surface area contributed by atoms with E-state index in [4.69, 9.17) is 5.73 Å². The van der Waals surface area contributed by atoms with Gasteiger partial charge in [0, 0.05) is 43.8 Å². The predicted octanol–water partition coefficient (Wildman–Crippen LogP) is 4.47. The number of pyridine rings is 1. The normalized spacial score (nSPS) is 17.9. The number of hydrogen-bond acceptors (Lipinski definition) is 7. The molecule has 3 heterocycles. The summed E-state index contributed by atoms with van der Waals surface area (Å²) in [4.78, 5) is 27.6. The zero-order valence-electron chi connectivity index (χ0n) is 21.9. The molecule has 6 rings (SSSR count). The Morgan fingerprint density at radius 1 is 0.921 bits per heavy atom. The van der Waals surface area contributed by atoms with Crippen molar-refractivity contribution in [3.8, 4) is 0 Å². The second-order valence-corrected chi connectivity index (χ2v) is 10.6. The van der Waals surface area contributed by atoms with Crippen LogP contribution in [0.3, 0.4) is 0 Å². The van der Waals surface area contributed by atoms with Crippen LogP contribution < -0.4 is 16.4 Å². The minimum atomic E-state index is 0.249. The van der Waals surface area contributed by atoms with E-state index >= 15 is 0 Å². The molecule has 1 saturated carbocycles. The number of nitrogens with two attached hydrogens (primary N) is 1. The molecule has 4 N–H and O–H groups in total. The molecule has 2 fully saturated rings. The van der Waals surface area contributed by atoms with Gasteiger partial charge in [-0.25, -0.2) is 15.0 Å². The molecule has 38 heavy (non-hydrogen) atoms. The number of carbonyl (C=O) groups is 1. The molecule has 2 unspecified atom stereocenters. The number of nitrogen functional groups attached to an aromatic ring is 1. The zero-order chi connectivity index (χ0) is 26.2. The molecule has 1 aliphatic carbocycles. The number of aromatic nitrogens is 3. The third-order valence-corrected chi connectivity index (χ3v) is 8.01. The lowest BCUT2D eigenvalue weighted by atomic mass is 9.96. The van der Waals surface area contributed by atoms with Crippen LogP contribution in [-0.4, -0.2) is 38.8 Å². The molecule has 8 nitrogen and oxygen atoms in total. The van der Waals surface area contributed by atoms with E-state index in [1.54, 1.807) is 12.5 Å². The third-order valence-electron chi connectivity index (χ3n) is 8.01. The van der Waals surface area contributed by atoms with Gasteiger partial charge in [0.2, 0.25) is 5.91 Å². The highest BCUT2D eigenvalue weighted by molar-refractivity contribution is 5.94. The molecule has 0 bridgehead atoms. The van der Waals surface area contributed by atoms with Crippen LogP contribution in [0.4, 0.5) is 17.5 Å². The van der Waals surface area contributed by atoms with Crippen molar-refractivity contribution in [2.45, 2.75) is 39.8 Å². The molecule has 194 valence electrons. The van der Waals surface area contributed by atoms with E-state index in [-0.39, 0.29) is 5.91 Å². The highest BCUT2D eigenvalue weighted by atomic mass is 16.2. The summed E-state index contributed by atoms with van der Waals surface area (Å²) in [6.07, 6.45) is 5.11. The lowest BCUT2D eigenvalue weighted by Crippen LogP contribution is -2.31. The molecular weight excluding hydrogens is 474 g/mol. The topological polar surface area (TPSA) is 109 Å². The van der Waals surface area contributed by atoms with E-state index in [9.17, 15) is 4.79 Å². The van der Waals surface area contributed by atoms with Crippen LogP contribution in [0.25, 0.3) is 10.8 Å². The maximum Gasteiger partial charge on any atom is 0.227 e. The Hall–Kier alpha value is -4.20. The van der Waals surface area contributed by atoms with Crippen LogP contribution >= 0.6 is 0 Å². The van der Waals surface area contributed by atoms with Crippen LogP contribution in [0.5, 0.6) is 0 Å². The zero-order valence-corrected chi connectivity index (χ0v) is 21.9. The van der Waals surface area contributed by atoms with E-state index < -0.39 is 0 Å². The van der Waals surface area contributed by atoms with Crippen molar-refractivity contribution in [1.82, 2.24) is 19.9 Å². The molecule has 0 radical (unpaired) electrons. The molecule has 4 aromatic rings. The molecule has 2 aromatic carbocycles. The minimum absolute atomic E-state index is 0.249. The number of rotatable bonds is 8. The van der Waals surface area contributed by atoms with E-state index in [0.29, 0.717) is 25.3 Å². The monoisotopic (exact) mass is 507 g/mol. The average molecular weight is 508 g/mol. The number of aryl methyl sites for hydroxylation is 2. The number of anilines is 3. The van der Waals surface area contributed by atoms with E-state index in [0.717, 1.165) is 64.0 Å². The summed E-state index contributed by atoms with van der Waals surface area (Å²) in [5.74, 6) is 3.86. The second-order valence-electron chi connectivity index (χ2n) is 10.6. The van der Waals surface area contributed by atoms with Crippen molar-refractivity contribution in [3.05, 3.63) is 82.8 Å². The van der Waals surface area contributed by atoms with E-state index in [1.807, 2.05) is 17.0 Å². The summed E-state index contributed by atoms with van der Waals surface area (Å²) < 4.78 is 0. The number of fused-ring (bicyclic) bond motifs is 2. The molecule has 1 aliphatic heterocycles. The maximum absolute atomic E-state index is 12.5. The minimum Gasteiger partial charge on any atom is -0.383 e. The predicted molar refractivity (Wildman–Crippen MR) is 151 cm³/mol. The molecule has 2 aromatic heterocycles. The fraction of sp³-hybridized carbons (Fsp3) is 0.333. The smallest absolute Gasteiger partial charge is 0.227 e. The summed E-state index contributed by atoms with van der Waals surface area (Å²) in [6.45, 7) is 7.40. The highest BCUT2D eigenvalue weighted by Crippen LogP contribution is 2.44. The molecular formula is C30H33N7O. The highest BCUT2D eigenvalue weighted by Gasteiger charge is 2.46. The fourth-order valence-electron chi connectivity index (χ4n) is 5.59. The fourth-order valence-corrected chi connectivity index (χ4v) is 5.59. The number of hydrogen-bond donors (Lipinski definition) is 3. The Bertz CT molecular complexity index is 1490. The number of piperidine rings is 1. The molecule has 0 spiro atoms. The third kappa shape index (κ3) is 4.98. The Kier molecular flexibility index (Phi) is 6.31. The molecule has 1 amide bonds. The number of benzene rings is 2.